The standard InChI is InChI=1S/C25H31N3O3S/c1-18(24-7-2-3-14-26-24)28(22-9-10-22)25(29)20-12-15-27(16-13-20)32(30,31)23-11-8-19-5-4-6-21(19)17-23/h2-3,7-8,11,14,17-18,20,22H,4-6,9-10,12-13,15-16H2,1H3. The van der Waals surface area contributed by atoms with Crippen LogP contribution in [0.15, 0.2) is 47.5 Å². The second-order valence-electron chi connectivity index (χ2n) is 9.37. The van der Waals surface area contributed by atoms with Crippen LogP contribution in [-0.4, -0.2) is 47.6 Å². The Hall–Kier alpha value is -2.25. The van der Waals surface area contributed by atoms with Gasteiger partial charge < -0.3 is 4.90 Å². The summed E-state index contributed by atoms with van der Waals surface area (Å²) < 4.78 is 28.0. The number of hydrogen-bond donors (Lipinski definition) is 0. The van der Waals surface area contributed by atoms with Gasteiger partial charge in [0.2, 0.25) is 15.9 Å². The molecule has 2 fully saturated rings. The molecule has 1 aromatic heterocycles. The molecule has 1 saturated heterocycles. The molecule has 2 heterocycles. The maximum atomic E-state index is 13.5. The van der Waals surface area contributed by atoms with E-state index in [9.17, 15) is 13.2 Å². The molecule has 0 radical (unpaired) electrons. The summed E-state index contributed by atoms with van der Waals surface area (Å²) >= 11 is 0. The Morgan fingerprint density at radius 3 is 2.50 bits per heavy atom. The van der Waals surface area contributed by atoms with E-state index in [1.165, 1.54) is 11.1 Å². The third kappa shape index (κ3) is 4.08. The fourth-order valence-electron chi connectivity index (χ4n) is 5.22. The monoisotopic (exact) mass is 453 g/mol. The van der Waals surface area contributed by atoms with Gasteiger partial charge in [0.1, 0.15) is 0 Å². The number of aryl methyl sites for hydroxylation is 2. The number of nitrogens with zero attached hydrogens (tertiary/aromatic N) is 3. The number of carbonyl (C=O) groups excluding carboxylic acids is 1. The van der Waals surface area contributed by atoms with E-state index in [0.717, 1.165) is 37.8 Å². The molecule has 32 heavy (non-hydrogen) atoms. The van der Waals surface area contributed by atoms with Crippen LogP contribution in [-0.2, 0) is 27.7 Å². The topological polar surface area (TPSA) is 70.6 Å². The Morgan fingerprint density at radius 1 is 1.06 bits per heavy atom. The van der Waals surface area contributed by atoms with Gasteiger partial charge in [-0.25, -0.2) is 8.42 Å². The lowest BCUT2D eigenvalue weighted by Crippen LogP contribution is -2.45. The van der Waals surface area contributed by atoms with E-state index in [-0.39, 0.29) is 23.9 Å². The summed E-state index contributed by atoms with van der Waals surface area (Å²) in [7, 11) is -3.52. The van der Waals surface area contributed by atoms with Crippen molar-refractivity contribution in [3.8, 4) is 0 Å². The first kappa shape index (κ1) is 21.6. The van der Waals surface area contributed by atoms with Crippen LogP contribution in [0.5, 0.6) is 0 Å². The molecule has 1 saturated carbocycles. The smallest absolute Gasteiger partial charge is 0.243 e. The Morgan fingerprint density at radius 2 is 1.81 bits per heavy atom. The minimum atomic E-state index is -3.52. The Balaban J connectivity index is 1.27. The number of rotatable bonds is 6. The summed E-state index contributed by atoms with van der Waals surface area (Å²) in [6.07, 6.45) is 8.08. The van der Waals surface area contributed by atoms with Crippen molar-refractivity contribution in [2.75, 3.05) is 13.1 Å². The summed E-state index contributed by atoms with van der Waals surface area (Å²) in [5.74, 6) is 0.0217. The summed E-state index contributed by atoms with van der Waals surface area (Å²) in [6, 6.07) is 11.6. The molecule has 1 aliphatic heterocycles. The Bertz CT molecular complexity index is 1090. The molecule has 7 heteroatoms. The summed E-state index contributed by atoms with van der Waals surface area (Å²) in [6.45, 7) is 2.84. The number of benzene rings is 1. The molecule has 0 N–H and O–H groups in total. The number of carbonyl (C=O) groups is 1. The van der Waals surface area contributed by atoms with Gasteiger partial charge in [0.25, 0.3) is 0 Å². The predicted molar refractivity (Wildman–Crippen MR) is 122 cm³/mol. The van der Waals surface area contributed by atoms with Crippen molar-refractivity contribution < 1.29 is 13.2 Å². The highest BCUT2D eigenvalue weighted by molar-refractivity contribution is 7.89. The number of piperidine rings is 1. The van der Waals surface area contributed by atoms with Crippen LogP contribution in [0, 0.1) is 5.92 Å². The second kappa shape index (κ2) is 8.60. The maximum absolute atomic E-state index is 13.5. The van der Waals surface area contributed by atoms with Crippen molar-refractivity contribution in [3.63, 3.8) is 0 Å². The average Bonchev–Trinajstić information content (AvgIpc) is 3.54. The zero-order valence-electron chi connectivity index (χ0n) is 18.6. The lowest BCUT2D eigenvalue weighted by molar-refractivity contribution is -0.139. The van der Waals surface area contributed by atoms with Gasteiger partial charge in [-0.05, 0) is 87.3 Å². The van der Waals surface area contributed by atoms with Crippen molar-refractivity contribution in [2.24, 2.45) is 5.92 Å². The zero-order valence-corrected chi connectivity index (χ0v) is 19.4. The van der Waals surface area contributed by atoms with E-state index in [1.807, 2.05) is 42.2 Å². The van der Waals surface area contributed by atoms with E-state index in [4.69, 9.17) is 0 Å². The molecule has 1 amide bonds. The van der Waals surface area contributed by atoms with Crippen molar-refractivity contribution in [2.45, 2.75) is 68.8 Å². The molecule has 0 bridgehead atoms. The number of amides is 1. The fourth-order valence-corrected chi connectivity index (χ4v) is 6.74. The average molecular weight is 454 g/mol. The first-order chi connectivity index (χ1) is 15.4. The molecule has 1 aromatic carbocycles. The number of sulfonamides is 1. The number of aromatic nitrogens is 1. The van der Waals surface area contributed by atoms with Crippen molar-refractivity contribution in [1.29, 1.82) is 0 Å². The minimum absolute atomic E-state index is 0.0654. The van der Waals surface area contributed by atoms with Gasteiger partial charge in [-0.2, -0.15) is 4.31 Å². The zero-order chi connectivity index (χ0) is 22.3. The molecule has 2 aromatic rings. The van der Waals surface area contributed by atoms with Crippen LogP contribution in [0.4, 0.5) is 0 Å². The van der Waals surface area contributed by atoms with Gasteiger partial charge in [0.15, 0.2) is 0 Å². The van der Waals surface area contributed by atoms with E-state index >= 15 is 0 Å². The summed E-state index contributed by atoms with van der Waals surface area (Å²) in [5, 5.41) is 0. The van der Waals surface area contributed by atoms with E-state index in [1.54, 1.807) is 16.6 Å². The maximum Gasteiger partial charge on any atom is 0.243 e. The van der Waals surface area contributed by atoms with Gasteiger partial charge in [0.05, 0.1) is 16.6 Å². The second-order valence-corrected chi connectivity index (χ2v) is 11.3. The lowest BCUT2D eigenvalue weighted by Gasteiger charge is -2.36. The lowest BCUT2D eigenvalue weighted by atomic mass is 9.95. The third-order valence-corrected chi connectivity index (χ3v) is 9.13. The first-order valence-corrected chi connectivity index (χ1v) is 13.2. The van der Waals surface area contributed by atoms with E-state index in [0.29, 0.717) is 30.8 Å². The van der Waals surface area contributed by atoms with Gasteiger partial charge in [-0.15, -0.1) is 0 Å². The molecule has 0 spiro atoms. The third-order valence-electron chi connectivity index (χ3n) is 7.24. The van der Waals surface area contributed by atoms with Crippen LogP contribution in [0.2, 0.25) is 0 Å². The quantitative estimate of drug-likeness (QED) is 0.668. The van der Waals surface area contributed by atoms with Gasteiger partial charge >= 0.3 is 0 Å². The normalized spacial score (nSPS) is 20.7. The van der Waals surface area contributed by atoms with Gasteiger partial charge in [-0.1, -0.05) is 12.1 Å². The van der Waals surface area contributed by atoms with Crippen LogP contribution in [0.25, 0.3) is 0 Å². The van der Waals surface area contributed by atoms with Crippen LogP contribution in [0.3, 0.4) is 0 Å². The van der Waals surface area contributed by atoms with Crippen molar-refractivity contribution in [1.82, 2.24) is 14.2 Å². The van der Waals surface area contributed by atoms with E-state index < -0.39 is 10.0 Å². The highest BCUT2D eigenvalue weighted by atomic mass is 32.2. The summed E-state index contributed by atoms with van der Waals surface area (Å²) in [4.78, 5) is 20.3. The first-order valence-electron chi connectivity index (χ1n) is 11.8. The van der Waals surface area contributed by atoms with Gasteiger partial charge in [0, 0.05) is 31.2 Å². The molecule has 1 atom stereocenters. The molecular formula is C25H31N3O3S. The minimum Gasteiger partial charge on any atom is -0.331 e. The molecule has 2 aliphatic carbocycles. The van der Waals surface area contributed by atoms with Crippen molar-refractivity contribution >= 4 is 15.9 Å². The summed E-state index contributed by atoms with van der Waals surface area (Å²) in [5.41, 5.74) is 3.35. The molecule has 5 rings (SSSR count). The molecule has 170 valence electrons. The molecule has 3 aliphatic rings. The SMILES string of the molecule is CC(c1ccccn1)N(C(=O)C1CCN(S(=O)(=O)c2ccc3c(c2)CCC3)CC1)C1CC1. The van der Waals surface area contributed by atoms with Crippen LogP contribution >= 0.6 is 0 Å². The number of hydrogen-bond acceptors (Lipinski definition) is 4. The largest absolute Gasteiger partial charge is 0.331 e. The Kier molecular flexibility index (Phi) is 5.80. The predicted octanol–water partition coefficient (Wildman–Crippen LogP) is 3.72. The number of fused-ring (bicyclic) bond motifs is 1. The molecule has 1 unspecified atom stereocenters. The van der Waals surface area contributed by atoms with Crippen LogP contribution < -0.4 is 0 Å². The fraction of sp³-hybridized carbons (Fsp3) is 0.520. The van der Waals surface area contributed by atoms with Crippen molar-refractivity contribution in [3.05, 3.63) is 59.4 Å². The van der Waals surface area contributed by atoms with E-state index in [2.05, 4.69) is 4.98 Å². The Labute approximate surface area is 190 Å². The number of pyridine rings is 1. The van der Waals surface area contributed by atoms with Crippen LogP contribution in [0.1, 0.15) is 61.9 Å². The highest BCUT2D eigenvalue weighted by Crippen LogP contribution is 2.37. The highest BCUT2D eigenvalue weighted by Gasteiger charge is 2.41. The molecule has 6 nitrogen and oxygen atoms in total. The molecular weight excluding hydrogens is 422 g/mol. The van der Waals surface area contributed by atoms with Gasteiger partial charge in [-0.3, -0.25) is 9.78 Å².